The van der Waals surface area contributed by atoms with Gasteiger partial charge in [-0.25, -0.2) is 4.39 Å². The maximum absolute atomic E-state index is 13.5. The molecule has 2 aromatic rings. The van der Waals surface area contributed by atoms with Crippen molar-refractivity contribution >= 4 is 5.97 Å². The molecule has 0 unspecified atom stereocenters. The lowest BCUT2D eigenvalue weighted by atomic mass is 10.0. The van der Waals surface area contributed by atoms with Crippen molar-refractivity contribution in [1.82, 2.24) is 5.32 Å². The zero-order valence-corrected chi connectivity index (χ0v) is 11.9. The highest BCUT2D eigenvalue weighted by atomic mass is 19.1. The van der Waals surface area contributed by atoms with Gasteiger partial charge in [0.2, 0.25) is 0 Å². The first-order valence-electron chi connectivity index (χ1n) is 6.78. The Morgan fingerprint density at radius 2 is 1.57 bits per heavy atom. The molecule has 3 nitrogen and oxygen atoms in total. The van der Waals surface area contributed by atoms with Crippen LogP contribution in [-0.2, 0) is 29.0 Å². The van der Waals surface area contributed by atoms with Crippen LogP contribution < -0.4 is 5.32 Å². The lowest BCUT2D eigenvalue weighted by Gasteiger charge is -2.10. The summed E-state index contributed by atoms with van der Waals surface area (Å²) in [6.45, 7) is 1.01. The van der Waals surface area contributed by atoms with Crippen LogP contribution in [0.25, 0.3) is 0 Å². The van der Waals surface area contributed by atoms with Crippen LogP contribution in [-0.4, -0.2) is 13.1 Å². The fourth-order valence-corrected chi connectivity index (χ4v) is 2.10. The number of halogens is 1. The Kier molecular flexibility index (Phi) is 5.46. The Hall–Kier alpha value is -2.20. The van der Waals surface area contributed by atoms with Gasteiger partial charge in [0, 0.05) is 18.7 Å². The van der Waals surface area contributed by atoms with Gasteiger partial charge in [-0.1, -0.05) is 42.5 Å². The summed E-state index contributed by atoms with van der Waals surface area (Å²) >= 11 is 0. The average Bonchev–Trinajstić information content (AvgIpc) is 2.50. The monoisotopic (exact) mass is 287 g/mol. The molecule has 0 bridgehead atoms. The number of carbonyl (C=O) groups excluding carboxylic acids is 1. The maximum atomic E-state index is 13.5. The second-order valence-corrected chi connectivity index (χ2v) is 4.72. The first-order chi connectivity index (χ1) is 10.2. The number of benzene rings is 2. The summed E-state index contributed by atoms with van der Waals surface area (Å²) in [5.74, 6) is -0.482. The summed E-state index contributed by atoms with van der Waals surface area (Å²) < 4.78 is 18.2. The summed E-state index contributed by atoms with van der Waals surface area (Å²) in [5, 5.41) is 3.20. The molecule has 2 rings (SSSR count). The molecule has 0 amide bonds. The SMILES string of the molecule is COC(=O)Cc1ccccc1CNCc1ccccc1F. The number of methoxy groups -OCH3 is 1. The minimum absolute atomic E-state index is 0.215. The van der Waals surface area contributed by atoms with E-state index in [1.54, 1.807) is 12.1 Å². The first-order valence-corrected chi connectivity index (χ1v) is 6.78. The topological polar surface area (TPSA) is 38.3 Å². The standard InChI is InChI=1S/C17H18FNO2/c1-21-17(20)10-13-6-2-3-7-14(13)11-19-12-15-8-4-5-9-16(15)18/h2-9,19H,10-12H2,1H3. The molecular formula is C17H18FNO2. The second-order valence-electron chi connectivity index (χ2n) is 4.72. The van der Waals surface area contributed by atoms with Crippen molar-refractivity contribution in [2.75, 3.05) is 7.11 Å². The molecule has 0 aliphatic heterocycles. The zero-order valence-electron chi connectivity index (χ0n) is 11.9. The third-order valence-electron chi connectivity index (χ3n) is 3.27. The van der Waals surface area contributed by atoms with Crippen molar-refractivity contribution in [3.05, 3.63) is 71.0 Å². The van der Waals surface area contributed by atoms with Gasteiger partial charge in [-0.05, 0) is 17.2 Å². The zero-order chi connectivity index (χ0) is 15.1. The molecule has 2 aromatic carbocycles. The Balaban J connectivity index is 1.97. The van der Waals surface area contributed by atoms with E-state index in [0.717, 1.165) is 11.1 Å². The highest BCUT2D eigenvalue weighted by molar-refractivity contribution is 5.72. The van der Waals surface area contributed by atoms with Crippen molar-refractivity contribution < 1.29 is 13.9 Å². The number of ether oxygens (including phenoxy) is 1. The predicted molar refractivity (Wildman–Crippen MR) is 79.1 cm³/mol. The van der Waals surface area contributed by atoms with E-state index in [4.69, 9.17) is 0 Å². The summed E-state index contributed by atoms with van der Waals surface area (Å²) in [7, 11) is 1.38. The summed E-state index contributed by atoms with van der Waals surface area (Å²) in [5.41, 5.74) is 2.56. The van der Waals surface area contributed by atoms with E-state index in [0.29, 0.717) is 18.7 Å². The van der Waals surface area contributed by atoms with Crippen LogP contribution in [0.4, 0.5) is 4.39 Å². The highest BCUT2D eigenvalue weighted by Crippen LogP contribution is 2.11. The fourth-order valence-electron chi connectivity index (χ4n) is 2.10. The van der Waals surface area contributed by atoms with E-state index in [1.807, 2.05) is 30.3 Å². The van der Waals surface area contributed by atoms with Gasteiger partial charge in [0.05, 0.1) is 13.5 Å². The second kappa shape index (κ2) is 7.55. The summed E-state index contributed by atoms with van der Waals surface area (Å²) in [6.07, 6.45) is 0.244. The number of carbonyl (C=O) groups is 1. The van der Waals surface area contributed by atoms with E-state index < -0.39 is 0 Å². The number of nitrogens with one attached hydrogen (secondary N) is 1. The van der Waals surface area contributed by atoms with Crippen molar-refractivity contribution in [2.24, 2.45) is 0 Å². The Bertz CT molecular complexity index is 613. The maximum Gasteiger partial charge on any atom is 0.309 e. The summed E-state index contributed by atoms with van der Waals surface area (Å²) in [6, 6.07) is 14.3. The fraction of sp³-hybridized carbons (Fsp3) is 0.235. The summed E-state index contributed by atoms with van der Waals surface area (Å²) in [4.78, 5) is 11.4. The minimum Gasteiger partial charge on any atom is -0.469 e. The lowest BCUT2D eigenvalue weighted by Crippen LogP contribution is -2.16. The molecule has 0 saturated carbocycles. The largest absolute Gasteiger partial charge is 0.469 e. The normalized spacial score (nSPS) is 10.4. The minimum atomic E-state index is -0.267. The van der Waals surface area contributed by atoms with Crippen LogP contribution in [0.1, 0.15) is 16.7 Å². The third kappa shape index (κ3) is 4.39. The van der Waals surface area contributed by atoms with Crippen LogP contribution in [0.5, 0.6) is 0 Å². The molecular weight excluding hydrogens is 269 g/mol. The van der Waals surface area contributed by atoms with Crippen LogP contribution in [0, 0.1) is 5.82 Å². The van der Waals surface area contributed by atoms with Crippen LogP contribution in [0.15, 0.2) is 48.5 Å². The van der Waals surface area contributed by atoms with Gasteiger partial charge in [-0.2, -0.15) is 0 Å². The van der Waals surface area contributed by atoms with Gasteiger partial charge >= 0.3 is 5.97 Å². The molecule has 0 radical (unpaired) electrons. The molecule has 1 N–H and O–H groups in total. The molecule has 0 fully saturated rings. The number of rotatable bonds is 6. The quantitative estimate of drug-likeness (QED) is 0.830. The van der Waals surface area contributed by atoms with E-state index >= 15 is 0 Å². The average molecular weight is 287 g/mol. The number of esters is 1. The van der Waals surface area contributed by atoms with Gasteiger partial charge in [-0.15, -0.1) is 0 Å². The van der Waals surface area contributed by atoms with Crippen molar-refractivity contribution in [1.29, 1.82) is 0 Å². The molecule has 0 aromatic heterocycles. The van der Waals surface area contributed by atoms with E-state index in [1.165, 1.54) is 13.2 Å². The number of hydrogen-bond donors (Lipinski definition) is 1. The van der Waals surface area contributed by atoms with Gasteiger partial charge in [0.15, 0.2) is 0 Å². The van der Waals surface area contributed by atoms with Crippen LogP contribution >= 0.6 is 0 Å². The third-order valence-corrected chi connectivity index (χ3v) is 3.27. The molecule has 0 aliphatic rings. The van der Waals surface area contributed by atoms with Crippen LogP contribution in [0.3, 0.4) is 0 Å². The Labute approximate surface area is 123 Å². The number of hydrogen-bond acceptors (Lipinski definition) is 3. The van der Waals surface area contributed by atoms with Gasteiger partial charge in [0.1, 0.15) is 5.82 Å². The van der Waals surface area contributed by atoms with E-state index in [2.05, 4.69) is 10.1 Å². The molecule has 0 heterocycles. The van der Waals surface area contributed by atoms with E-state index in [9.17, 15) is 9.18 Å². The van der Waals surface area contributed by atoms with Gasteiger partial charge < -0.3 is 10.1 Å². The van der Waals surface area contributed by atoms with Crippen molar-refractivity contribution in [3.63, 3.8) is 0 Å². The molecule has 0 saturated heterocycles. The highest BCUT2D eigenvalue weighted by Gasteiger charge is 2.07. The first kappa shape index (κ1) is 15.2. The van der Waals surface area contributed by atoms with Crippen molar-refractivity contribution in [2.45, 2.75) is 19.5 Å². The molecule has 4 heteroatoms. The smallest absolute Gasteiger partial charge is 0.309 e. The van der Waals surface area contributed by atoms with Crippen LogP contribution in [0.2, 0.25) is 0 Å². The molecule has 0 aliphatic carbocycles. The van der Waals surface area contributed by atoms with Gasteiger partial charge in [-0.3, -0.25) is 4.79 Å². The molecule has 110 valence electrons. The van der Waals surface area contributed by atoms with Crippen molar-refractivity contribution in [3.8, 4) is 0 Å². The Morgan fingerprint density at radius 1 is 1.00 bits per heavy atom. The molecule has 0 spiro atoms. The van der Waals surface area contributed by atoms with E-state index in [-0.39, 0.29) is 18.2 Å². The molecule has 0 atom stereocenters. The lowest BCUT2D eigenvalue weighted by molar-refractivity contribution is -0.139. The Morgan fingerprint density at radius 3 is 2.24 bits per heavy atom. The molecule has 21 heavy (non-hydrogen) atoms. The van der Waals surface area contributed by atoms with Gasteiger partial charge in [0.25, 0.3) is 0 Å². The predicted octanol–water partition coefficient (Wildman–Crippen LogP) is 2.83.